The van der Waals surface area contributed by atoms with Crippen molar-refractivity contribution in [2.24, 2.45) is 0 Å². The molecule has 1 unspecified atom stereocenters. The fourth-order valence-electron chi connectivity index (χ4n) is 4.02. The van der Waals surface area contributed by atoms with Gasteiger partial charge in [-0.1, -0.05) is 24.3 Å². The Morgan fingerprint density at radius 1 is 1.17 bits per heavy atom. The molecule has 2 aromatic rings. The van der Waals surface area contributed by atoms with Crippen LogP contribution in [0.3, 0.4) is 0 Å². The number of carbonyl (C=O) groups excluding carboxylic acids is 3. The van der Waals surface area contributed by atoms with E-state index in [1.807, 2.05) is 24.3 Å². The summed E-state index contributed by atoms with van der Waals surface area (Å²) >= 11 is 0. The van der Waals surface area contributed by atoms with E-state index in [-0.39, 0.29) is 5.75 Å². The molecule has 2 aliphatic rings. The van der Waals surface area contributed by atoms with Crippen LogP contribution in [-0.4, -0.2) is 35.9 Å². The number of hydrogen-bond acceptors (Lipinski definition) is 4. The summed E-state index contributed by atoms with van der Waals surface area (Å²) in [7, 11) is 0. The number of rotatable bonds is 5. The molecule has 1 aliphatic carbocycles. The largest absolute Gasteiger partial charge is 0.435 e. The molecule has 2 aromatic carbocycles. The molecule has 9 heteroatoms. The van der Waals surface area contributed by atoms with Crippen molar-refractivity contribution in [2.75, 3.05) is 11.9 Å². The highest BCUT2D eigenvalue weighted by molar-refractivity contribution is 6.10. The number of halogens is 2. The van der Waals surface area contributed by atoms with Crippen molar-refractivity contribution in [3.63, 3.8) is 0 Å². The topological polar surface area (TPSA) is 87.7 Å². The Hall–Kier alpha value is -3.49. The van der Waals surface area contributed by atoms with Gasteiger partial charge in [0.25, 0.3) is 5.91 Å². The van der Waals surface area contributed by atoms with Gasteiger partial charge in [0.15, 0.2) is 0 Å². The van der Waals surface area contributed by atoms with E-state index in [9.17, 15) is 23.2 Å². The van der Waals surface area contributed by atoms with Gasteiger partial charge in [-0.25, -0.2) is 4.79 Å². The number of ether oxygens (including phenoxy) is 1. The maximum absolute atomic E-state index is 13.2. The van der Waals surface area contributed by atoms with Crippen molar-refractivity contribution in [3.05, 3.63) is 59.7 Å². The molecule has 0 radical (unpaired) electrons. The number of hydrogen-bond donors (Lipinski definition) is 2. The Balaban J connectivity index is 1.46. The molecule has 1 fully saturated rings. The first-order chi connectivity index (χ1) is 14.4. The van der Waals surface area contributed by atoms with Crippen LogP contribution < -0.4 is 15.4 Å². The van der Waals surface area contributed by atoms with Crippen molar-refractivity contribution in [3.8, 4) is 5.75 Å². The molecule has 4 amide bonds. The molecule has 1 atom stereocenters. The Labute approximate surface area is 171 Å². The third kappa shape index (κ3) is 3.58. The first-order valence-corrected chi connectivity index (χ1v) is 9.46. The van der Waals surface area contributed by atoms with E-state index in [1.165, 1.54) is 24.3 Å². The first-order valence-electron chi connectivity index (χ1n) is 9.46. The zero-order valence-corrected chi connectivity index (χ0v) is 15.9. The molecule has 2 N–H and O–H groups in total. The number of nitrogens with one attached hydrogen (secondary N) is 2. The number of benzene rings is 2. The molecular formula is C21H19F2N3O4. The van der Waals surface area contributed by atoms with Gasteiger partial charge in [0.1, 0.15) is 17.8 Å². The van der Waals surface area contributed by atoms with Crippen molar-refractivity contribution in [2.45, 2.75) is 31.4 Å². The van der Waals surface area contributed by atoms with Crippen LogP contribution in [0.1, 0.15) is 24.0 Å². The summed E-state index contributed by atoms with van der Waals surface area (Å²) in [6.45, 7) is -3.40. The van der Waals surface area contributed by atoms with E-state index in [0.29, 0.717) is 12.1 Å². The molecule has 30 heavy (non-hydrogen) atoms. The number of nitrogens with zero attached hydrogens (tertiary/aromatic N) is 1. The highest BCUT2D eigenvalue weighted by atomic mass is 19.3. The van der Waals surface area contributed by atoms with E-state index in [2.05, 4.69) is 15.4 Å². The highest BCUT2D eigenvalue weighted by Crippen LogP contribution is 2.39. The summed E-state index contributed by atoms with van der Waals surface area (Å²) < 4.78 is 28.7. The van der Waals surface area contributed by atoms with Gasteiger partial charge in [0, 0.05) is 5.69 Å². The molecule has 1 aliphatic heterocycles. The van der Waals surface area contributed by atoms with Gasteiger partial charge in [-0.3, -0.25) is 14.5 Å². The van der Waals surface area contributed by atoms with E-state index in [1.54, 1.807) is 0 Å². The second-order valence-electron chi connectivity index (χ2n) is 7.19. The molecule has 1 heterocycles. The third-order valence-corrected chi connectivity index (χ3v) is 5.32. The molecule has 0 bridgehead atoms. The van der Waals surface area contributed by atoms with Crippen LogP contribution in [0.15, 0.2) is 48.5 Å². The lowest BCUT2D eigenvalue weighted by Gasteiger charge is -2.33. The van der Waals surface area contributed by atoms with Gasteiger partial charge in [0.2, 0.25) is 5.91 Å². The summed E-state index contributed by atoms with van der Waals surface area (Å²) in [4.78, 5) is 39.0. The summed E-state index contributed by atoms with van der Waals surface area (Å²) in [6.07, 6.45) is 2.04. The smallest absolute Gasteiger partial charge is 0.387 e. The number of alkyl halides is 2. The van der Waals surface area contributed by atoms with Crippen LogP contribution in [-0.2, 0) is 21.5 Å². The van der Waals surface area contributed by atoms with Gasteiger partial charge in [-0.05, 0) is 54.7 Å². The van der Waals surface area contributed by atoms with Crippen molar-refractivity contribution < 1.29 is 27.9 Å². The Morgan fingerprint density at radius 3 is 2.63 bits per heavy atom. The second kappa shape index (κ2) is 7.74. The molecular weight excluding hydrogens is 396 g/mol. The van der Waals surface area contributed by atoms with Crippen LogP contribution in [0.4, 0.5) is 19.3 Å². The van der Waals surface area contributed by atoms with E-state index in [4.69, 9.17) is 0 Å². The van der Waals surface area contributed by atoms with Crippen LogP contribution in [0.2, 0.25) is 0 Å². The quantitative estimate of drug-likeness (QED) is 0.735. The van der Waals surface area contributed by atoms with Crippen molar-refractivity contribution in [1.29, 1.82) is 0 Å². The number of imide groups is 1. The molecule has 0 aromatic heterocycles. The maximum atomic E-state index is 13.2. The molecule has 1 spiro atoms. The summed E-state index contributed by atoms with van der Waals surface area (Å²) in [5.41, 5.74) is 0.967. The van der Waals surface area contributed by atoms with Gasteiger partial charge in [-0.15, -0.1) is 0 Å². The fraction of sp³-hybridized carbons (Fsp3) is 0.286. The Bertz CT molecular complexity index is 996. The number of carbonyl (C=O) groups is 3. The van der Waals surface area contributed by atoms with E-state index >= 15 is 0 Å². The predicted molar refractivity (Wildman–Crippen MR) is 103 cm³/mol. The molecule has 7 nitrogen and oxygen atoms in total. The van der Waals surface area contributed by atoms with Crippen molar-refractivity contribution >= 4 is 23.5 Å². The number of amides is 4. The standard InChI is InChI=1S/C21H19F2N3O4/c22-19(23)30-15-9-7-14(8-10-15)24-17(27)12-26-18(28)21(25-20(26)29)11-3-5-13-4-1-2-6-16(13)21/h1-2,4,6-10,19H,3,5,11-12H2,(H,24,27)(H,25,29). The number of anilines is 1. The average molecular weight is 415 g/mol. The van der Waals surface area contributed by atoms with Crippen LogP contribution in [0.25, 0.3) is 0 Å². The Morgan fingerprint density at radius 2 is 1.90 bits per heavy atom. The summed E-state index contributed by atoms with van der Waals surface area (Å²) in [5, 5.41) is 5.34. The minimum Gasteiger partial charge on any atom is -0.435 e. The summed E-state index contributed by atoms with van der Waals surface area (Å²) in [5.74, 6) is -1.08. The molecule has 0 saturated carbocycles. The normalized spacial score (nSPS) is 20.3. The van der Waals surface area contributed by atoms with Crippen LogP contribution in [0, 0.1) is 0 Å². The molecule has 1 saturated heterocycles. The van der Waals surface area contributed by atoms with E-state index in [0.717, 1.165) is 28.9 Å². The average Bonchev–Trinajstić information content (AvgIpc) is 2.94. The van der Waals surface area contributed by atoms with E-state index < -0.39 is 36.5 Å². The second-order valence-corrected chi connectivity index (χ2v) is 7.19. The minimum atomic E-state index is -2.94. The summed E-state index contributed by atoms with van der Waals surface area (Å²) in [6, 6.07) is 12.2. The lowest BCUT2D eigenvalue weighted by Crippen LogP contribution is -2.47. The number of fused-ring (bicyclic) bond motifs is 2. The van der Waals surface area contributed by atoms with Crippen molar-refractivity contribution in [1.82, 2.24) is 10.2 Å². The fourth-order valence-corrected chi connectivity index (χ4v) is 4.02. The zero-order valence-electron chi connectivity index (χ0n) is 15.9. The number of urea groups is 1. The number of aryl methyl sites for hydroxylation is 1. The van der Waals surface area contributed by atoms with Gasteiger partial charge >= 0.3 is 12.6 Å². The lowest BCUT2D eigenvalue weighted by molar-refractivity contribution is -0.134. The predicted octanol–water partition coefficient (Wildman–Crippen LogP) is 3.01. The lowest BCUT2D eigenvalue weighted by atomic mass is 9.76. The maximum Gasteiger partial charge on any atom is 0.387 e. The first kappa shape index (κ1) is 19.8. The molecule has 156 valence electrons. The van der Waals surface area contributed by atoms with Crippen LogP contribution in [0.5, 0.6) is 5.75 Å². The highest BCUT2D eigenvalue weighted by Gasteiger charge is 2.54. The minimum absolute atomic E-state index is 0.0463. The van der Waals surface area contributed by atoms with Gasteiger partial charge in [0.05, 0.1) is 0 Å². The Kier molecular flexibility index (Phi) is 5.11. The molecule has 4 rings (SSSR count). The third-order valence-electron chi connectivity index (χ3n) is 5.32. The van der Waals surface area contributed by atoms with Gasteiger partial charge in [-0.2, -0.15) is 8.78 Å². The van der Waals surface area contributed by atoms with Gasteiger partial charge < -0.3 is 15.4 Å². The van der Waals surface area contributed by atoms with Crippen LogP contribution >= 0.6 is 0 Å². The zero-order chi connectivity index (χ0) is 21.3. The SMILES string of the molecule is O=C(CN1C(=O)NC2(CCCc3ccccc32)C1=O)Nc1ccc(OC(F)F)cc1. The monoisotopic (exact) mass is 415 g/mol.